The molecule has 0 spiro atoms. The van der Waals surface area contributed by atoms with Gasteiger partial charge >= 0.3 is 0 Å². The van der Waals surface area contributed by atoms with E-state index in [0.29, 0.717) is 47.1 Å². The highest BCUT2D eigenvalue weighted by Crippen LogP contribution is 2.37. The third-order valence-corrected chi connectivity index (χ3v) is 8.60. The highest BCUT2D eigenvalue weighted by molar-refractivity contribution is 7.99. The fourth-order valence-corrected chi connectivity index (χ4v) is 6.57. The molecule has 0 bridgehead atoms. The summed E-state index contributed by atoms with van der Waals surface area (Å²) < 4.78 is 49.9. The van der Waals surface area contributed by atoms with Gasteiger partial charge in [-0.25, -0.2) is 8.42 Å². The van der Waals surface area contributed by atoms with Crippen molar-refractivity contribution in [3.05, 3.63) is 42.0 Å². The predicted molar refractivity (Wildman–Crippen MR) is 122 cm³/mol. The van der Waals surface area contributed by atoms with E-state index in [1.54, 1.807) is 42.1 Å². The van der Waals surface area contributed by atoms with Gasteiger partial charge in [0.1, 0.15) is 5.58 Å². The molecule has 4 heterocycles. The average molecular weight is 486 g/mol. The Morgan fingerprint density at radius 2 is 1.85 bits per heavy atom. The summed E-state index contributed by atoms with van der Waals surface area (Å²) >= 11 is 1.76. The highest BCUT2D eigenvalue weighted by atomic mass is 32.2. The first kappa shape index (κ1) is 20.6. The Labute approximate surface area is 193 Å². The van der Waals surface area contributed by atoms with Gasteiger partial charge in [0.25, 0.3) is 5.89 Å². The number of hydrogen-bond acceptors (Lipinski definition) is 9. The molecule has 1 saturated heterocycles. The second-order valence-corrected chi connectivity index (χ2v) is 10.9. The number of fused-ring (bicyclic) bond motifs is 2. The molecule has 0 atom stereocenters. The first-order valence-electron chi connectivity index (χ1n) is 10.4. The lowest BCUT2D eigenvalue weighted by Gasteiger charge is -2.25. The average Bonchev–Trinajstić information content (AvgIpc) is 3.58. The standard InChI is InChI=1S/C22H19N3O6S2/c1-13-16-11-15(33(26,27)25-6-8-32-9-7-25)3-5-17(16)30-20(13)22-23-21(24-31-22)14-2-4-18-19(10-14)29-12-28-18/h2-5,10-11H,6-9,12H2,1H3. The van der Waals surface area contributed by atoms with Crippen molar-refractivity contribution < 1.29 is 26.8 Å². The molecule has 0 N–H and O–H groups in total. The highest BCUT2D eigenvalue weighted by Gasteiger charge is 2.28. The number of benzene rings is 2. The Kier molecular flexibility index (Phi) is 4.86. The third-order valence-electron chi connectivity index (χ3n) is 5.77. The van der Waals surface area contributed by atoms with E-state index in [0.717, 1.165) is 22.6 Å². The molecule has 2 aliphatic rings. The van der Waals surface area contributed by atoms with Gasteiger partial charge in [0, 0.05) is 41.1 Å². The number of aromatic nitrogens is 2. The zero-order chi connectivity index (χ0) is 22.6. The zero-order valence-corrected chi connectivity index (χ0v) is 19.2. The first-order chi connectivity index (χ1) is 16.0. The number of aryl methyl sites for hydroxylation is 1. The van der Waals surface area contributed by atoms with Gasteiger partial charge in [-0.05, 0) is 43.3 Å². The first-order valence-corrected chi connectivity index (χ1v) is 13.0. The minimum absolute atomic E-state index is 0.183. The molecule has 1 fully saturated rings. The Morgan fingerprint density at radius 1 is 1.03 bits per heavy atom. The summed E-state index contributed by atoms with van der Waals surface area (Å²) in [4.78, 5) is 4.73. The van der Waals surface area contributed by atoms with Gasteiger partial charge in [0.05, 0.1) is 4.90 Å². The molecule has 11 heteroatoms. The molecular formula is C22H19N3O6S2. The van der Waals surface area contributed by atoms with Gasteiger partial charge in [-0.2, -0.15) is 21.1 Å². The second kappa shape index (κ2) is 7.79. The van der Waals surface area contributed by atoms with Crippen molar-refractivity contribution in [2.24, 2.45) is 0 Å². The molecule has 33 heavy (non-hydrogen) atoms. The summed E-state index contributed by atoms with van der Waals surface area (Å²) in [7, 11) is -3.56. The van der Waals surface area contributed by atoms with E-state index in [2.05, 4.69) is 10.1 Å². The minimum Gasteiger partial charge on any atom is -0.454 e. The van der Waals surface area contributed by atoms with Crippen LogP contribution >= 0.6 is 11.8 Å². The Morgan fingerprint density at radius 3 is 2.70 bits per heavy atom. The maximum absolute atomic E-state index is 13.1. The number of furan rings is 1. The summed E-state index contributed by atoms with van der Waals surface area (Å²) in [6.07, 6.45) is 0. The van der Waals surface area contributed by atoms with Gasteiger partial charge in [-0.3, -0.25) is 0 Å². The normalized spacial score (nSPS) is 16.5. The van der Waals surface area contributed by atoms with E-state index in [1.165, 1.54) is 4.31 Å². The van der Waals surface area contributed by atoms with Crippen molar-refractivity contribution in [1.29, 1.82) is 0 Å². The van der Waals surface area contributed by atoms with Crippen LogP contribution in [-0.4, -0.2) is 54.3 Å². The van der Waals surface area contributed by atoms with E-state index in [4.69, 9.17) is 18.4 Å². The molecule has 2 aromatic heterocycles. The largest absolute Gasteiger partial charge is 0.454 e. The molecule has 0 amide bonds. The summed E-state index contributed by atoms with van der Waals surface area (Å²) in [5.41, 5.74) is 2.01. The van der Waals surface area contributed by atoms with Crippen LogP contribution in [0.1, 0.15) is 5.56 Å². The Hall–Kier alpha value is -3.02. The third kappa shape index (κ3) is 3.47. The van der Waals surface area contributed by atoms with E-state index in [-0.39, 0.29) is 17.6 Å². The molecule has 6 rings (SSSR count). The van der Waals surface area contributed by atoms with Gasteiger partial charge in [0.15, 0.2) is 17.3 Å². The van der Waals surface area contributed by atoms with E-state index >= 15 is 0 Å². The van der Waals surface area contributed by atoms with E-state index in [1.807, 2.05) is 13.0 Å². The number of sulfonamides is 1. The molecule has 0 aliphatic carbocycles. The fraction of sp³-hybridized carbons (Fsp3) is 0.273. The second-order valence-electron chi connectivity index (χ2n) is 7.72. The molecular weight excluding hydrogens is 466 g/mol. The maximum atomic E-state index is 13.1. The van der Waals surface area contributed by atoms with E-state index < -0.39 is 10.0 Å². The lowest BCUT2D eigenvalue weighted by atomic mass is 10.1. The molecule has 0 unspecified atom stereocenters. The van der Waals surface area contributed by atoms with Crippen LogP contribution in [0.5, 0.6) is 11.5 Å². The summed E-state index contributed by atoms with van der Waals surface area (Å²) in [5, 5.41) is 4.77. The van der Waals surface area contributed by atoms with Crippen molar-refractivity contribution in [3.63, 3.8) is 0 Å². The fourth-order valence-electron chi connectivity index (χ4n) is 3.97. The summed E-state index contributed by atoms with van der Waals surface area (Å²) in [6, 6.07) is 10.3. The molecule has 9 nitrogen and oxygen atoms in total. The zero-order valence-electron chi connectivity index (χ0n) is 17.6. The van der Waals surface area contributed by atoms with Gasteiger partial charge in [-0.1, -0.05) is 5.16 Å². The van der Waals surface area contributed by atoms with Crippen LogP contribution in [0.3, 0.4) is 0 Å². The van der Waals surface area contributed by atoms with Gasteiger partial charge in [-0.15, -0.1) is 0 Å². The van der Waals surface area contributed by atoms with Crippen molar-refractivity contribution in [2.45, 2.75) is 11.8 Å². The van der Waals surface area contributed by atoms with Crippen LogP contribution in [-0.2, 0) is 10.0 Å². The van der Waals surface area contributed by atoms with Crippen LogP contribution in [0.4, 0.5) is 0 Å². The maximum Gasteiger partial charge on any atom is 0.294 e. The summed E-state index contributed by atoms with van der Waals surface area (Å²) in [6.45, 7) is 3.07. The van der Waals surface area contributed by atoms with Crippen molar-refractivity contribution >= 4 is 32.8 Å². The molecule has 2 aliphatic heterocycles. The van der Waals surface area contributed by atoms with Crippen LogP contribution < -0.4 is 9.47 Å². The van der Waals surface area contributed by atoms with Crippen molar-refractivity contribution in [2.75, 3.05) is 31.4 Å². The quantitative estimate of drug-likeness (QED) is 0.425. The molecule has 0 saturated carbocycles. The Balaban J connectivity index is 1.35. The van der Waals surface area contributed by atoms with Crippen LogP contribution in [0.15, 0.2) is 50.2 Å². The predicted octanol–water partition coefficient (Wildman–Crippen LogP) is 3.92. The molecule has 170 valence electrons. The van der Waals surface area contributed by atoms with Gasteiger partial charge in [0.2, 0.25) is 22.6 Å². The van der Waals surface area contributed by atoms with Crippen LogP contribution in [0, 0.1) is 6.92 Å². The lowest BCUT2D eigenvalue weighted by molar-refractivity contribution is 0.174. The summed E-state index contributed by atoms with van der Waals surface area (Å²) in [5.74, 6) is 3.92. The minimum atomic E-state index is -3.56. The van der Waals surface area contributed by atoms with Crippen molar-refractivity contribution in [1.82, 2.24) is 14.4 Å². The Bertz CT molecular complexity index is 1470. The number of hydrogen-bond donors (Lipinski definition) is 0. The topological polar surface area (TPSA) is 108 Å². The number of thioether (sulfide) groups is 1. The van der Waals surface area contributed by atoms with Crippen molar-refractivity contribution in [3.8, 4) is 34.5 Å². The number of rotatable bonds is 4. The molecule has 4 aromatic rings. The molecule has 2 aromatic carbocycles. The van der Waals surface area contributed by atoms with Crippen LogP contribution in [0.2, 0.25) is 0 Å². The SMILES string of the molecule is Cc1c(-c2nc(-c3ccc4c(c3)OCO4)no2)oc2ccc(S(=O)(=O)N3CCSCC3)cc12. The number of nitrogens with zero attached hydrogens (tertiary/aromatic N) is 3. The number of ether oxygens (including phenoxy) is 2. The molecule has 0 radical (unpaired) electrons. The van der Waals surface area contributed by atoms with E-state index in [9.17, 15) is 8.42 Å². The smallest absolute Gasteiger partial charge is 0.294 e. The van der Waals surface area contributed by atoms with Crippen LogP contribution in [0.25, 0.3) is 34.0 Å². The van der Waals surface area contributed by atoms with Gasteiger partial charge < -0.3 is 18.4 Å². The lowest BCUT2D eigenvalue weighted by Crippen LogP contribution is -2.37. The monoisotopic (exact) mass is 485 g/mol.